The van der Waals surface area contributed by atoms with Gasteiger partial charge in [0.2, 0.25) is 0 Å². The third-order valence-corrected chi connectivity index (χ3v) is 0. The molecule has 6 radical (unpaired) electrons. The predicted molar refractivity (Wildman–Crippen MR) is 11.5 cm³/mol. The van der Waals surface area contributed by atoms with E-state index in [4.69, 9.17) is 0 Å². The molecule has 0 unspecified atom stereocenters. The smallest absolute Gasteiger partial charge is 0 e. The van der Waals surface area contributed by atoms with Crippen molar-refractivity contribution in [2.24, 2.45) is 0 Å². The Hall–Kier alpha value is 2.41. The van der Waals surface area contributed by atoms with Gasteiger partial charge in [-0.2, -0.15) is 0 Å². The Balaban J connectivity index is 0. The molecule has 0 bridgehead atoms. The van der Waals surface area contributed by atoms with Crippen molar-refractivity contribution in [3.05, 3.63) is 0 Å². The van der Waals surface area contributed by atoms with Gasteiger partial charge >= 0.3 is 0 Å². The molecule has 0 amide bonds. The van der Waals surface area contributed by atoms with Gasteiger partial charge in [0.25, 0.3) is 0 Å². The van der Waals surface area contributed by atoms with Crippen LogP contribution in [0.4, 0.5) is 0 Å². The quantitative estimate of drug-likeness (QED) is 0.487. The average Bonchev–Trinajstić information content (AvgIpc) is 0. The van der Waals surface area contributed by atoms with Gasteiger partial charge in [-0.15, -0.1) is 0 Å². The van der Waals surface area contributed by atoms with E-state index in [-0.39, 0.29) is 76.3 Å². The molecule has 4 heteroatoms. The van der Waals surface area contributed by atoms with Crippen LogP contribution in [0.1, 0.15) is 0 Å². The second-order valence-corrected chi connectivity index (χ2v) is 0. The minimum Gasteiger partial charge on any atom is 0 e. The third kappa shape index (κ3) is 8.83. The number of hydrogen-bond acceptors (Lipinski definition) is 0. The van der Waals surface area contributed by atoms with E-state index in [0.717, 1.165) is 0 Å². The zero-order chi connectivity index (χ0) is 0. The maximum absolute atomic E-state index is 0. The zero-order valence-electron chi connectivity index (χ0n) is 2.19. The molecule has 0 saturated carbocycles. The predicted octanol–water partition coefficient (Wildman–Crippen LogP) is -0.767. The molecule has 0 spiro atoms. The van der Waals surface area contributed by atoms with Crippen molar-refractivity contribution >= 4 is 42.8 Å². The van der Waals surface area contributed by atoms with Crippen LogP contribution in [0.3, 0.4) is 0 Å². The summed E-state index contributed by atoms with van der Waals surface area (Å²) in [7, 11) is 0. The van der Waals surface area contributed by atoms with E-state index in [1.165, 1.54) is 0 Å². The molecule has 0 saturated heterocycles. The summed E-state index contributed by atoms with van der Waals surface area (Å²) in [6.45, 7) is 0. The van der Waals surface area contributed by atoms with Crippen LogP contribution < -0.4 is 0 Å². The molecule has 0 heterocycles. The average molecular weight is 239 g/mol. The standard InChI is InChI=1S/Li.Mn.Ni.Sn. The monoisotopic (exact) mass is 240 g/mol. The third-order valence-electron chi connectivity index (χ3n) is 0. The zero-order valence-corrected chi connectivity index (χ0v) is 7.22. The Kier molecular flexibility index (Phi) is 146. The molecule has 0 rings (SSSR count). The summed E-state index contributed by atoms with van der Waals surface area (Å²) in [6.07, 6.45) is 0. The van der Waals surface area contributed by atoms with Gasteiger partial charge in [0.05, 0.1) is 0 Å². The van der Waals surface area contributed by atoms with Crippen LogP contribution in [0.5, 0.6) is 0 Å². The molecule has 0 fully saturated rings. The van der Waals surface area contributed by atoms with Crippen LogP contribution in [-0.2, 0) is 33.6 Å². The van der Waals surface area contributed by atoms with Gasteiger partial charge in [0.15, 0.2) is 0 Å². The minimum atomic E-state index is 0. The molecule has 0 aliphatic heterocycles. The van der Waals surface area contributed by atoms with Crippen LogP contribution in [0, 0.1) is 0 Å². The molecule has 4 heavy (non-hydrogen) atoms. The molecule has 0 atom stereocenters. The van der Waals surface area contributed by atoms with E-state index in [0.29, 0.717) is 0 Å². The van der Waals surface area contributed by atoms with E-state index in [1.807, 2.05) is 0 Å². The minimum absolute atomic E-state index is 0. The topological polar surface area (TPSA) is 0 Å². The van der Waals surface area contributed by atoms with Crippen molar-refractivity contribution in [2.45, 2.75) is 0 Å². The van der Waals surface area contributed by atoms with E-state index in [9.17, 15) is 0 Å². The largest absolute Gasteiger partial charge is 0 e. The summed E-state index contributed by atoms with van der Waals surface area (Å²) in [5.41, 5.74) is 0. The fourth-order valence-electron chi connectivity index (χ4n) is 0. The van der Waals surface area contributed by atoms with Gasteiger partial charge in [-0.05, 0) is 0 Å². The van der Waals surface area contributed by atoms with Crippen LogP contribution in [0.15, 0.2) is 0 Å². The molecule has 0 aromatic carbocycles. The summed E-state index contributed by atoms with van der Waals surface area (Å²) < 4.78 is 0. The van der Waals surface area contributed by atoms with Crippen molar-refractivity contribution < 1.29 is 33.6 Å². The Bertz CT molecular complexity index is 8.00. The van der Waals surface area contributed by atoms with Gasteiger partial charge in [0.1, 0.15) is 0 Å². The fraction of sp³-hybridized carbons (Fsp3) is 0. The summed E-state index contributed by atoms with van der Waals surface area (Å²) >= 11 is 0. The maximum Gasteiger partial charge on any atom is 0 e. The van der Waals surface area contributed by atoms with Crippen molar-refractivity contribution in [1.29, 1.82) is 0 Å². The molecule has 0 aromatic rings. The molecular weight excluding hydrogens is 239 g/mol. The van der Waals surface area contributed by atoms with Crippen molar-refractivity contribution in [2.75, 3.05) is 0 Å². The van der Waals surface area contributed by atoms with E-state index in [2.05, 4.69) is 0 Å². The van der Waals surface area contributed by atoms with E-state index >= 15 is 0 Å². The Morgan fingerprint density at radius 3 is 1.00 bits per heavy atom. The molecule has 0 N–H and O–H groups in total. The van der Waals surface area contributed by atoms with Crippen LogP contribution in [0.2, 0.25) is 0 Å². The second kappa shape index (κ2) is 18.1. The first kappa shape index (κ1) is 32.3. The van der Waals surface area contributed by atoms with E-state index < -0.39 is 0 Å². The SMILES string of the molecule is [Li].[Mn].[Ni].[Sn]. The summed E-state index contributed by atoms with van der Waals surface area (Å²) in [4.78, 5) is 0. The van der Waals surface area contributed by atoms with Gasteiger partial charge in [-0.25, -0.2) is 0 Å². The van der Waals surface area contributed by atoms with Crippen molar-refractivity contribution in [3.63, 3.8) is 0 Å². The Morgan fingerprint density at radius 2 is 1.00 bits per heavy atom. The second-order valence-electron chi connectivity index (χ2n) is 0. The first-order chi connectivity index (χ1) is 0. The summed E-state index contributed by atoms with van der Waals surface area (Å²) in [5.74, 6) is 0. The normalized spacial score (nSPS) is 0. The number of hydrogen-bond donors (Lipinski definition) is 0. The molecule has 0 nitrogen and oxygen atoms in total. The fourth-order valence-corrected chi connectivity index (χ4v) is 0. The van der Waals surface area contributed by atoms with Gasteiger partial charge < -0.3 is 0 Å². The Labute approximate surface area is 75.4 Å². The van der Waals surface area contributed by atoms with Gasteiger partial charge in [-0.1, -0.05) is 0 Å². The van der Waals surface area contributed by atoms with Gasteiger partial charge in [-0.3, -0.25) is 0 Å². The summed E-state index contributed by atoms with van der Waals surface area (Å²) in [6, 6.07) is 0. The van der Waals surface area contributed by atoms with Crippen molar-refractivity contribution in [3.8, 4) is 0 Å². The number of rotatable bonds is 0. The first-order valence-corrected chi connectivity index (χ1v) is 0. The molecule has 0 aromatic heterocycles. The first-order valence-electron chi connectivity index (χ1n) is 0. The summed E-state index contributed by atoms with van der Waals surface area (Å²) in [5, 5.41) is 0. The van der Waals surface area contributed by atoms with Crippen LogP contribution >= 0.6 is 0 Å². The van der Waals surface area contributed by atoms with Gasteiger partial charge in [0, 0.05) is 76.3 Å². The molecule has 22 valence electrons. The Morgan fingerprint density at radius 1 is 1.00 bits per heavy atom. The molecule has 0 aliphatic carbocycles. The molecular formula is LiMnNiSn. The maximum atomic E-state index is 0. The molecule has 0 aliphatic rings. The van der Waals surface area contributed by atoms with Crippen LogP contribution in [0.25, 0.3) is 0 Å². The van der Waals surface area contributed by atoms with Crippen LogP contribution in [-0.4, -0.2) is 42.8 Å². The van der Waals surface area contributed by atoms with E-state index in [1.54, 1.807) is 0 Å². The van der Waals surface area contributed by atoms with Crippen molar-refractivity contribution in [1.82, 2.24) is 0 Å².